The highest BCUT2D eigenvalue weighted by Crippen LogP contribution is 2.46. The van der Waals surface area contributed by atoms with Gasteiger partial charge in [0.05, 0.1) is 28.2 Å². The quantitative estimate of drug-likeness (QED) is 0.134. The number of hydrogen-bond donors (Lipinski definition) is 2. The van der Waals surface area contributed by atoms with Crippen LogP contribution in [0.5, 0.6) is 11.5 Å². The van der Waals surface area contributed by atoms with Crippen LogP contribution in [0.1, 0.15) is 52.7 Å². The van der Waals surface area contributed by atoms with Crippen LogP contribution in [0.15, 0.2) is 70.5 Å². The van der Waals surface area contributed by atoms with Crippen molar-refractivity contribution >= 4 is 17.7 Å². The topological polar surface area (TPSA) is 89.8 Å². The normalized spacial score (nSPS) is 16.1. The van der Waals surface area contributed by atoms with Crippen molar-refractivity contribution in [3.63, 3.8) is 0 Å². The number of nitrogens with one attached hydrogen (secondary N) is 1. The van der Waals surface area contributed by atoms with E-state index >= 15 is 8.78 Å². The summed E-state index contributed by atoms with van der Waals surface area (Å²) in [7, 11) is 0. The molecule has 2 atom stereocenters. The van der Waals surface area contributed by atoms with Crippen LogP contribution in [-0.2, 0) is 17.4 Å². The molecule has 0 bridgehead atoms. The first-order valence-corrected chi connectivity index (χ1v) is 16.3. The molecule has 0 amide bonds. The van der Waals surface area contributed by atoms with Crippen LogP contribution in [0.25, 0.3) is 11.1 Å². The fourth-order valence-corrected chi connectivity index (χ4v) is 7.81. The number of nitrogens with zero attached hydrogens (tertiary/aromatic N) is 1. The van der Waals surface area contributed by atoms with Crippen LogP contribution in [0.2, 0.25) is 0 Å². The molecular weight excluding hydrogens is 655 g/mol. The van der Waals surface area contributed by atoms with E-state index in [4.69, 9.17) is 14.6 Å². The Morgan fingerprint density at radius 1 is 1.04 bits per heavy atom. The van der Waals surface area contributed by atoms with E-state index in [0.29, 0.717) is 23.7 Å². The van der Waals surface area contributed by atoms with E-state index in [9.17, 15) is 22.8 Å². The van der Waals surface area contributed by atoms with Gasteiger partial charge < -0.3 is 19.9 Å². The molecule has 252 valence electrons. The summed E-state index contributed by atoms with van der Waals surface area (Å²) in [5.41, 5.74) is -1.23. The summed E-state index contributed by atoms with van der Waals surface area (Å²) >= 11 is 1.25. The van der Waals surface area contributed by atoms with Gasteiger partial charge in [-0.1, -0.05) is 36.4 Å². The summed E-state index contributed by atoms with van der Waals surface area (Å²) in [6.45, 7) is 2.12. The maximum Gasteiger partial charge on any atom is 0.416 e. The maximum atomic E-state index is 16.2. The first-order valence-electron chi connectivity index (χ1n) is 15.3. The molecule has 4 aromatic rings. The van der Waals surface area contributed by atoms with E-state index in [1.54, 1.807) is 0 Å². The van der Waals surface area contributed by atoms with Gasteiger partial charge in [-0.15, -0.1) is 11.8 Å². The Labute approximate surface area is 276 Å². The van der Waals surface area contributed by atoms with Gasteiger partial charge in [-0.05, 0) is 60.8 Å². The predicted octanol–water partition coefficient (Wildman–Crippen LogP) is 7.33. The highest BCUT2D eigenvalue weighted by Gasteiger charge is 2.39. The second-order valence-electron chi connectivity index (χ2n) is 11.6. The monoisotopic (exact) mass is 686 g/mol. The summed E-state index contributed by atoms with van der Waals surface area (Å²) in [5, 5.41) is 12.9. The summed E-state index contributed by atoms with van der Waals surface area (Å²) < 4.78 is 86.3. The lowest BCUT2D eigenvalue weighted by atomic mass is 9.91. The van der Waals surface area contributed by atoms with Crippen molar-refractivity contribution in [3.8, 4) is 22.6 Å². The van der Waals surface area contributed by atoms with E-state index in [2.05, 4.69) is 5.32 Å². The molecule has 1 aromatic heterocycles. The minimum Gasteiger partial charge on any atom is -0.486 e. The Kier molecular flexibility index (Phi) is 9.53. The van der Waals surface area contributed by atoms with E-state index in [-0.39, 0.29) is 53.4 Å². The lowest BCUT2D eigenvalue weighted by molar-refractivity contribution is -0.138. The summed E-state index contributed by atoms with van der Waals surface area (Å²) in [6.07, 6.45) is -5.13. The molecule has 2 aliphatic rings. The minimum atomic E-state index is -4.85. The van der Waals surface area contributed by atoms with Gasteiger partial charge in [0, 0.05) is 29.7 Å². The van der Waals surface area contributed by atoms with Crippen molar-refractivity contribution in [2.75, 3.05) is 25.5 Å². The Bertz CT molecular complexity index is 1910. The van der Waals surface area contributed by atoms with Gasteiger partial charge in [0.25, 0.3) is 5.56 Å². The number of thioether (sulfide) groups is 1. The number of carboxylic acids is 1. The van der Waals surface area contributed by atoms with Gasteiger partial charge >= 0.3 is 12.1 Å². The van der Waals surface area contributed by atoms with Gasteiger partial charge in [-0.25, -0.2) is 8.78 Å². The lowest BCUT2D eigenvalue weighted by Crippen LogP contribution is -2.36. The molecule has 0 aliphatic carbocycles. The van der Waals surface area contributed by atoms with Gasteiger partial charge in [0.1, 0.15) is 19.0 Å². The molecule has 2 unspecified atom stereocenters. The number of carbonyl (C=O) groups is 1. The van der Waals surface area contributed by atoms with Gasteiger partial charge in [0.2, 0.25) is 0 Å². The number of aliphatic carboxylic acids is 1. The van der Waals surface area contributed by atoms with Crippen molar-refractivity contribution in [3.05, 3.63) is 110 Å². The third-order valence-corrected chi connectivity index (χ3v) is 9.86. The summed E-state index contributed by atoms with van der Waals surface area (Å²) in [4.78, 5) is 25.8. The number of benzene rings is 3. The number of hydrogen-bond acceptors (Lipinski definition) is 6. The van der Waals surface area contributed by atoms with Crippen molar-refractivity contribution in [2.24, 2.45) is 0 Å². The zero-order valence-electron chi connectivity index (χ0n) is 25.7. The molecule has 7 nitrogen and oxygen atoms in total. The third-order valence-electron chi connectivity index (χ3n) is 8.63. The van der Waals surface area contributed by atoms with Gasteiger partial charge in [-0.3, -0.25) is 14.2 Å². The van der Waals surface area contributed by atoms with Crippen LogP contribution < -0.4 is 20.3 Å². The van der Waals surface area contributed by atoms with Crippen molar-refractivity contribution in [1.29, 1.82) is 0 Å². The third kappa shape index (κ3) is 6.40. The molecule has 2 N–H and O–H groups in total. The molecule has 0 spiro atoms. The minimum absolute atomic E-state index is 0.0779. The van der Waals surface area contributed by atoms with E-state index < -0.39 is 59.0 Å². The lowest BCUT2D eigenvalue weighted by Gasteiger charge is -2.28. The average molecular weight is 687 g/mol. The summed E-state index contributed by atoms with van der Waals surface area (Å²) in [6, 6.07) is 13.6. The Morgan fingerprint density at radius 2 is 1.79 bits per heavy atom. The zero-order chi connectivity index (χ0) is 34.2. The zero-order valence-corrected chi connectivity index (χ0v) is 26.5. The molecular formula is C35H31F5N2O5S. The second kappa shape index (κ2) is 13.6. The molecule has 6 rings (SSSR count). The molecule has 0 saturated heterocycles. The number of halogens is 5. The Balaban J connectivity index is 1.56. The van der Waals surface area contributed by atoms with Crippen LogP contribution in [0.3, 0.4) is 0 Å². The Morgan fingerprint density at radius 3 is 2.52 bits per heavy atom. The van der Waals surface area contributed by atoms with Gasteiger partial charge in [-0.2, -0.15) is 13.2 Å². The fraction of sp³-hybridized carbons (Fsp3) is 0.314. The standard InChI is InChI=1S/C35H31F5N2O5S/c1-19-22(17-23-24(35(38,39)40)9-5-10-25(23)36)34-42(33(45)29(19)21-12-13-27-32(30(21)37)47-16-15-46-27)26(18-48-34)31(20-7-3-2-4-8-20)41-14-6-11-28(43)44/h2-5,7-10,12-13,26,31,41H,6,11,14-18H2,1H3,(H,43,44). The molecule has 0 fully saturated rings. The smallest absolute Gasteiger partial charge is 0.416 e. The molecule has 13 heteroatoms. The molecule has 0 radical (unpaired) electrons. The highest BCUT2D eigenvalue weighted by molar-refractivity contribution is 7.99. The van der Waals surface area contributed by atoms with E-state index in [0.717, 1.165) is 23.8 Å². The maximum absolute atomic E-state index is 16.2. The first kappa shape index (κ1) is 33.5. The van der Waals surface area contributed by atoms with Crippen LogP contribution in [-0.4, -0.2) is 41.2 Å². The van der Waals surface area contributed by atoms with Crippen LogP contribution in [0.4, 0.5) is 22.0 Å². The van der Waals surface area contributed by atoms with Gasteiger partial charge in [0.15, 0.2) is 17.3 Å². The number of ether oxygens (including phenoxy) is 2. The number of rotatable bonds is 10. The largest absolute Gasteiger partial charge is 0.486 e. The van der Waals surface area contributed by atoms with Crippen molar-refractivity contribution in [2.45, 2.75) is 49.5 Å². The number of aromatic nitrogens is 1. The molecule has 0 saturated carbocycles. The predicted molar refractivity (Wildman–Crippen MR) is 170 cm³/mol. The first-order chi connectivity index (χ1) is 23.0. The van der Waals surface area contributed by atoms with E-state index in [1.165, 1.54) is 35.4 Å². The number of fused-ring (bicyclic) bond motifs is 2. The average Bonchev–Trinajstić information content (AvgIpc) is 3.49. The SMILES string of the molecule is Cc1c(Cc2c(F)cccc2C(F)(F)F)c2n(c(=O)c1-c1ccc3c(c1F)OCCO3)C(C(NCCCC(=O)O)c1ccccc1)CS2. The van der Waals surface area contributed by atoms with Crippen molar-refractivity contribution < 1.29 is 41.3 Å². The van der Waals surface area contributed by atoms with Crippen LogP contribution >= 0.6 is 11.8 Å². The van der Waals surface area contributed by atoms with Crippen LogP contribution in [0, 0.1) is 18.6 Å². The van der Waals surface area contributed by atoms with Crippen molar-refractivity contribution in [1.82, 2.24) is 9.88 Å². The molecule has 3 heterocycles. The summed E-state index contributed by atoms with van der Waals surface area (Å²) in [5.74, 6) is -2.57. The number of alkyl halides is 3. The Hall–Kier alpha value is -4.36. The van der Waals surface area contributed by atoms with E-state index in [1.807, 2.05) is 30.3 Å². The fourth-order valence-electron chi connectivity index (χ4n) is 6.39. The second-order valence-corrected chi connectivity index (χ2v) is 12.6. The number of pyridine rings is 1. The molecule has 2 aliphatic heterocycles. The highest BCUT2D eigenvalue weighted by atomic mass is 32.2. The number of carboxylic acid groups (broad SMARTS) is 1. The molecule has 48 heavy (non-hydrogen) atoms. The molecule has 3 aromatic carbocycles.